The first kappa shape index (κ1) is 20.1. The molecule has 0 amide bonds. The van der Waals surface area contributed by atoms with Crippen LogP contribution in [-0.2, 0) is 0 Å². The van der Waals surface area contributed by atoms with Gasteiger partial charge in [0.05, 0.1) is 11.0 Å². The van der Waals surface area contributed by atoms with Gasteiger partial charge in [-0.15, -0.1) is 10.2 Å². The molecule has 6 aromatic carbocycles. The Bertz CT molecular complexity index is 2090. The number of rotatable bonds is 2. The number of nitrogens with zero attached hydrogens (tertiary/aromatic N) is 4. The molecule has 0 aliphatic carbocycles. The maximum absolute atomic E-state index is 5.22. The van der Waals surface area contributed by atoms with Crippen molar-refractivity contribution in [3.05, 3.63) is 121 Å². The second-order valence-corrected chi connectivity index (χ2v) is 9.32. The Morgan fingerprint density at radius 2 is 1.03 bits per heavy atom. The van der Waals surface area contributed by atoms with Gasteiger partial charge in [0.1, 0.15) is 11.0 Å². The zero-order chi connectivity index (χ0) is 24.3. The fraction of sp³-hybridized carbons (Fsp3) is 0. The molecule has 0 aliphatic rings. The van der Waals surface area contributed by atoms with E-state index < -0.39 is 0 Å². The Morgan fingerprint density at radius 1 is 0.432 bits per heavy atom. The van der Waals surface area contributed by atoms with Crippen molar-refractivity contribution >= 4 is 54.4 Å². The van der Waals surface area contributed by atoms with Gasteiger partial charge in [-0.2, -0.15) is 0 Å². The van der Waals surface area contributed by atoms with Gasteiger partial charge in [-0.3, -0.25) is 4.57 Å². The van der Waals surface area contributed by atoms with Crippen molar-refractivity contribution in [3.8, 4) is 17.1 Å². The molecular formula is C33H20N4. The first-order chi connectivity index (χ1) is 18.4. The van der Waals surface area contributed by atoms with Gasteiger partial charge in [-0.05, 0) is 34.0 Å². The zero-order valence-electron chi connectivity index (χ0n) is 19.8. The lowest BCUT2D eigenvalue weighted by Gasteiger charge is -2.14. The van der Waals surface area contributed by atoms with Crippen LogP contribution in [0.5, 0.6) is 0 Å². The van der Waals surface area contributed by atoms with Crippen molar-refractivity contribution in [1.82, 2.24) is 19.7 Å². The molecule has 2 aromatic heterocycles. The van der Waals surface area contributed by atoms with Gasteiger partial charge in [-0.25, -0.2) is 4.98 Å². The number of benzene rings is 6. The van der Waals surface area contributed by atoms with Gasteiger partial charge in [0, 0.05) is 21.5 Å². The van der Waals surface area contributed by atoms with Crippen LogP contribution in [0.4, 0.5) is 0 Å². The van der Waals surface area contributed by atoms with Crippen molar-refractivity contribution in [2.75, 3.05) is 0 Å². The largest absolute Gasteiger partial charge is 0.277 e. The third kappa shape index (κ3) is 2.87. The minimum atomic E-state index is 0.576. The standard InChI is InChI=1S/C33H20N4/c1-2-11-21(12-3-1)22-17-10-18-27-30(22)25-15-4-5-16-26(25)32-31(27)34-33(36-35-32)37-28-19-8-6-13-23(28)24-14-7-9-20-29(24)37/h1-20H. The Balaban J connectivity index is 1.53. The summed E-state index contributed by atoms with van der Waals surface area (Å²) in [5, 5.41) is 16.3. The molecule has 37 heavy (non-hydrogen) atoms. The monoisotopic (exact) mass is 472 g/mol. The second-order valence-electron chi connectivity index (χ2n) is 9.32. The van der Waals surface area contributed by atoms with E-state index in [4.69, 9.17) is 10.1 Å². The summed E-state index contributed by atoms with van der Waals surface area (Å²) in [5.74, 6) is 0.576. The van der Waals surface area contributed by atoms with Gasteiger partial charge in [0.2, 0.25) is 0 Å². The second kappa shape index (κ2) is 7.70. The van der Waals surface area contributed by atoms with Crippen LogP contribution in [0.25, 0.3) is 71.5 Å². The Morgan fingerprint density at radius 3 is 1.76 bits per heavy atom. The molecule has 0 saturated carbocycles. The molecule has 172 valence electrons. The van der Waals surface area contributed by atoms with Crippen molar-refractivity contribution < 1.29 is 0 Å². The van der Waals surface area contributed by atoms with Crippen molar-refractivity contribution in [1.29, 1.82) is 0 Å². The van der Waals surface area contributed by atoms with Crippen LogP contribution in [0.2, 0.25) is 0 Å². The summed E-state index contributed by atoms with van der Waals surface area (Å²) in [4.78, 5) is 5.22. The van der Waals surface area contributed by atoms with Crippen LogP contribution in [0.1, 0.15) is 0 Å². The van der Waals surface area contributed by atoms with E-state index in [1.807, 2.05) is 0 Å². The number of hydrogen-bond acceptors (Lipinski definition) is 3. The summed E-state index contributed by atoms with van der Waals surface area (Å²) in [6, 6.07) is 42.2. The zero-order valence-corrected chi connectivity index (χ0v) is 19.8. The number of aromatic nitrogens is 4. The molecule has 0 aliphatic heterocycles. The van der Waals surface area contributed by atoms with Gasteiger partial charge >= 0.3 is 0 Å². The van der Waals surface area contributed by atoms with E-state index >= 15 is 0 Å². The van der Waals surface area contributed by atoms with Gasteiger partial charge < -0.3 is 0 Å². The van der Waals surface area contributed by atoms with Crippen LogP contribution < -0.4 is 0 Å². The van der Waals surface area contributed by atoms with E-state index in [2.05, 4.69) is 131 Å². The molecule has 4 nitrogen and oxygen atoms in total. The predicted octanol–water partition coefficient (Wildman–Crippen LogP) is 8.10. The first-order valence-electron chi connectivity index (χ1n) is 12.4. The molecule has 0 fully saturated rings. The molecule has 0 saturated heterocycles. The summed E-state index contributed by atoms with van der Waals surface area (Å²) in [6.07, 6.45) is 0. The molecule has 8 aromatic rings. The number of fused-ring (bicyclic) bond motifs is 9. The molecule has 0 spiro atoms. The van der Waals surface area contributed by atoms with E-state index in [-0.39, 0.29) is 0 Å². The molecule has 2 heterocycles. The molecule has 0 unspecified atom stereocenters. The fourth-order valence-electron chi connectivity index (χ4n) is 5.73. The summed E-state index contributed by atoms with van der Waals surface area (Å²) in [7, 11) is 0. The van der Waals surface area contributed by atoms with Crippen LogP contribution in [0.15, 0.2) is 121 Å². The molecule has 0 atom stereocenters. The minimum Gasteiger partial charge on any atom is -0.277 e. The third-order valence-corrected chi connectivity index (χ3v) is 7.31. The maximum atomic E-state index is 5.22. The third-order valence-electron chi connectivity index (χ3n) is 7.31. The van der Waals surface area contributed by atoms with E-state index in [0.29, 0.717) is 5.95 Å². The van der Waals surface area contributed by atoms with Crippen LogP contribution in [-0.4, -0.2) is 19.7 Å². The quantitative estimate of drug-likeness (QED) is 0.239. The van der Waals surface area contributed by atoms with Crippen LogP contribution >= 0.6 is 0 Å². The van der Waals surface area contributed by atoms with E-state index in [1.54, 1.807) is 0 Å². The van der Waals surface area contributed by atoms with Crippen molar-refractivity contribution in [2.24, 2.45) is 0 Å². The average molecular weight is 473 g/mol. The fourth-order valence-corrected chi connectivity index (χ4v) is 5.73. The molecule has 4 heteroatoms. The smallest absolute Gasteiger partial charge is 0.255 e. The highest BCUT2D eigenvalue weighted by Gasteiger charge is 2.18. The lowest BCUT2D eigenvalue weighted by Crippen LogP contribution is -2.04. The number of hydrogen-bond donors (Lipinski definition) is 0. The lowest BCUT2D eigenvalue weighted by atomic mass is 9.92. The van der Waals surface area contributed by atoms with Crippen molar-refractivity contribution in [2.45, 2.75) is 0 Å². The van der Waals surface area contributed by atoms with Gasteiger partial charge in [0.15, 0.2) is 0 Å². The summed E-state index contributed by atoms with van der Waals surface area (Å²) >= 11 is 0. The Labute approximate surface area is 212 Å². The summed E-state index contributed by atoms with van der Waals surface area (Å²) < 4.78 is 2.12. The highest BCUT2D eigenvalue weighted by atomic mass is 15.3. The van der Waals surface area contributed by atoms with Crippen LogP contribution in [0.3, 0.4) is 0 Å². The average Bonchev–Trinajstić information content (AvgIpc) is 3.32. The van der Waals surface area contributed by atoms with E-state index in [9.17, 15) is 0 Å². The topological polar surface area (TPSA) is 43.6 Å². The molecule has 8 rings (SSSR count). The summed E-state index contributed by atoms with van der Waals surface area (Å²) in [6.45, 7) is 0. The summed E-state index contributed by atoms with van der Waals surface area (Å²) in [5.41, 5.74) is 6.19. The SMILES string of the molecule is c1ccc(-c2cccc3c4nc(-n5c6ccccc6c6ccccc65)nnc4c4ccccc4c23)cc1. The minimum absolute atomic E-state index is 0.576. The van der Waals surface area contributed by atoms with E-state index in [0.717, 1.165) is 38.2 Å². The van der Waals surface area contributed by atoms with Crippen molar-refractivity contribution in [3.63, 3.8) is 0 Å². The van der Waals surface area contributed by atoms with E-state index in [1.165, 1.54) is 27.3 Å². The molecule has 0 radical (unpaired) electrons. The lowest BCUT2D eigenvalue weighted by molar-refractivity contribution is 0.926. The first-order valence-corrected chi connectivity index (χ1v) is 12.4. The Kier molecular flexibility index (Phi) is 4.19. The predicted molar refractivity (Wildman–Crippen MR) is 152 cm³/mol. The maximum Gasteiger partial charge on any atom is 0.255 e. The molecular weight excluding hydrogens is 452 g/mol. The van der Waals surface area contributed by atoms with Gasteiger partial charge in [-0.1, -0.05) is 109 Å². The number of para-hydroxylation sites is 2. The van der Waals surface area contributed by atoms with Crippen LogP contribution in [0, 0.1) is 0 Å². The molecule has 0 N–H and O–H groups in total. The highest BCUT2D eigenvalue weighted by molar-refractivity contribution is 6.26. The normalized spacial score (nSPS) is 11.8. The molecule has 0 bridgehead atoms. The van der Waals surface area contributed by atoms with Gasteiger partial charge in [0.25, 0.3) is 5.95 Å². The Hall–Kier alpha value is -5.09. The highest BCUT2D eigenvalue weighted by Crippen LogP contribution is 2.39.